The summed E-state index contributed by atoms with van der Waals surface area (Å²) in [6.45, 7) is 12.1. The SMILES string of the molecule is CCNC(=NCc1ccc(C)cc1OC(C)(C)C)NCC1CC(=O)Nc2ccccc21.I. The number of halogens is 1. The first kappa shape index (κ1) is 26.0. The quantitative estimate of drug-likeness (QED) is 0.270. The average molecular weight is 550 g/mol. The van der Waals surface area contributed by atoms with Gasteiger partial charge in [0.1, 0.15) is 11.4 Å². The molecule has 32 heavy (non-hydrogen) atoms. The van der Waals surface area contributed by atoms with Crippen molar-refractivity contribution in [2.75, 3.05) is 18.4 Å². The number of aryl methyl sites for hydroxylation is 1. The highest BCUT2D eigenvalue weighted by molar-refractivity contribution is 14.0. The number of hydrogen-bond acceptors (Lipinski definition) is 3. The molecule has 1 atom stereocenters. The zero-order chi connectivity index (χ0) is 22.4. The molecular formula is C25H35IN4O2. The zero-order valence-corrected chi connectivity index (χ0v) is 21.9. The third-order valence-corrected chi connectivity index (χ3v) is 5.01. The molecule has 174 valence electrons. The first-order chi connectivity index (χ1) is 14.7. The maximum atomic E-state index is 12.1. The monoisotopic (exact) mass is 550 g/mol. The number of anilines is 1. The molecule has 3 N–H and O–H groups in total. The molecule has 2 aromatic carbocycles. The van der Waals surface area contributed by atoms with Crippen LogP contribution in [-0.2, 0) is 11.3 Å². The highest BCUT2D eigenvalue weighted by Crippen LogP contribution is 2.31. The van der Waals surface area contributed by atoms with Gasteiger partial charge in [0.15, 0.2) is 5.96 Å². The van der Waals surface area contributed by atoms with Gasteiger partial charge in [0.25, 0.3) is 0 Å². The summed E-state index contributed by atoms with van der Waals surface area (Å²) in [5.41, 5.74) is 3.98. The van der Waals surface area contributed by atoms with Crippen LogP contribution in [0.3, 0.4) is 0 Å². The summed E-state index contributed by atoms with van der Waals surface area (Å²) >= 11 is 0. The molecule has 0 spiro atoms. The molecule has 0 fully saturated rings. The molecule has 1 aliphatic heterocycles. The number of benzene rings is 2. The van der Waals surface area contributed by atoms with Crippen molar-refractivity contribution in [2.45, 2.75) is 59.1 Å². The fraction of sp³-hybridized carbons (Fsp3) is 0.440. The van der Waals surface area contributed by atoms with Crippen LogP contribution in [-0.4, -0.2) is 30.6 Å². The van der Waals surface area contributed by atoms with Gasteiger partial charge < -0.3 is 20.7 Å². The average Bonchev–Trinajstić information content (AvgIpc) is 2.69. The predicted octanol–water partition coefficient (Wildman–Crippen LogP) is 4.97. The molecule has 1 heterocycles. The Kier molecular flexibility index (Phi) is 9.36. The molecule has 0 aliphatic carbocycles. The third-order valence-electron chi connectivity index (χ3n) is 5.01. The van der Waals surface area contributed by atoms with Crippen LogP contribution in [0, 0.1) is 6.92 Å². The minimum absolute atomic E-state index is 0. The summed E-state index contributed by atoms with van der Waals surface area (Å²) in [6.07, 6.45) is 0.463. The number of amides is 1. The van der Waals surface area contributed by atoms with Gasteiger partial charge in [-0.25, -0.2) is 4.99 Å². The number of carbonyl (C=O) groups is 1. The Morgan fingerprint density at radius 3 is 2.66 bits per heavy atom. The van der Waals surface area contributed by atoms with E-state index in [1.165, 1.54) is 0 Å². The zero-order valence-electron chi connectivity index (χ0n) is 19.6. The van der Waals surface area contributed by atoms with Crippen LogP contribution in [0.5, 0.6) is 5.75 Å². The van der Waals surface area contributed by atoms with Gasteiger partial charge in [0, 0.05) is 36.7 Å². The van der Waals surface area contributed by atoms with Crippen LogP contribution in [0.1, 0.15) is 56.7 Å². The van der Waals surface area contributed by atoms with E-state index in [2.05, 4.69) is 47.1 Å². The van der Waals surface area contributed by atoms with Gasteiger partial charge >= 0.3 is 0 Å². The summed E-state index contributed by atoms with van der Waals surface area (Å²) < 4.78 is 6.16. The van der Waals surface area contributed by atoms with E-state index in [1.54, 1.807) is 0 Å². The van der Waals surface area contributed by atoms with Crippen LogP contribution >= 0.6 is 24.0 Å². The van der Waals surface area contributed by atoms with E-state index in [-0.39, 0.29) is 41.4 Å². The van der Waals surface area contributed by atoms with E-state index >= 15 is 0 Å². The summed E-state index contributed by atoms with van der Waals surface area (Å²) in [6, 6.07) is 14.2. The van der Waals surface area contributed by atoms with Crippen molar-refractivity contribution >= 4 is 41.5 Å². The molecule has 7 heteroatoms. The van der Waals surface area contributed by atoms with Gasteiger partial charge in [-0.05, 0) is 57.9 Å². The number of aliphatic imine (C=N–C) groups is 1. The Morgan fingerprint density at radius 2 is 1.94 bits per heavy atom. The van der Waals surface area contributed by atoms with Crippen molar-refractivity contribution in [3.05, 3.63) is 59.2 Å². The van der Waals surface area contributed by atoms with Crippen LogP contribution in [0.2, 0.25) is 0 Å². The largest absolute Gasteiger partial charge is 0.488 e. The molecule has 0 saturated heterocycles. The second-order valence-corrected chi connectivity index (χ2v) is 8.94. The molecule has 0 aromatic heterocycles. The molecule has 1 amide bonds. The Balaban J connectivity index is 0.00000363. The lowest BCUT2D eigenvalue weighted by Crippen LogP contribution is -2.40. The van der Waals surface area contributed by atoms with Gasteiger partial charge in [-0.1, -0.05) is 30.3 Å². The van der Waals surface area contributed by atoms with E-state index < -0.39 is 0 Å². The molecule has 1 aliphatic rings. The highest BCUT2D eigenvalue weighted by Gasteiger charge is 2.24. The summed E-state index contributed by atoms with van der Waals surface area (Å²) in [7, 11) is 0. The minimum atomic E-state index is -0.274. The van der Waals surface area contributed by atoms with Crippen LogP contribution in [0.4, 0.5) is 5.69 Å². The first-order valence-corrected chi connectivity index (χ1v) is 10.9. The number of carbonyl (C=O) groups excluding carboxylic acids is 1. The molecular weight excluding hydrogens is 515 g/mol. The van der Waals surface area contributed by atoms with Gasteiger partial charge in [0.05, 0.1) is 6.54 Å². The van der Waals surface area contributed by atoms with E-state index in [0.29, 0.717) is 19.5 Å². The molecule has 3 rings (SSSR count). The van der Waals surface area contributed by atoms with Crippen LogP contribution in [0.15, 0.2) is 47.5 Å². The summed E-state index contributed by atoms with van der Waals surface area (Å²) in [5, 5.41) is 9.68. The fourth-order valence-electron chi connectivity index (χ4n) is 3.63. The molecule has 0 radical (unpaired) electrons. The number of ether oxygens (including phenoxy) is 1. The maximum absolute atomic E-state index is 12.1. The van der Waals surface area contributed by atoms with Crippen molar-refractivity contribution in [1.29, 1.82) is 0 Å². The molecule has 0 bridgehead atoms. The number of nitrogens with one attached hydrogen (secondary N) is 3. The topological polar surface area (TPSA) is 74.8 Å². The number of rotatable bonds is 6. The highest BCUT2D eigenvalue weighted by atomic mass is 127. The minimum Gasteiger partial charge on any atom is -0.488 e. The van der Waals surface area contributed by atoms with Gasteiger partial charge in [-0.2, -0.15) is 0 Å². The number of guanidine groups is 1. The number of fused-ring (bicyclic) bond motifs is 1. The standard InChI is InChI=1S/C25H34N4O2.HI/c1-6-26-24(27-15-18-12-11-17(2)13-22(18)31-25(3,4)5)28-16-19-14-23(30)29-21-10-8-7-9-20(19)21;/h7-13,19H,6,14-16H2,1-5H3,(H,29,30)(H2,26,27,28);1H. The van der Waals surface area contributed by atoms with Crippen molar-refractivity contribution in [1.82, 2.24) is 10.6 Å². The smallest absolute Gasteiger partial charge is 0.225 e. The molecule has 1 unspecified atom stereocenters. The summed E-state index contributed by atoms with van der Waals surface area (Å²) in [4.78, 5) is 16.9. The molecule has 6 nitrogen and oxygen atoms in total. The van der Waals surface area contributed by atoms with Crippen molar-refractivity contribution in [3.63, 3.8) is 0 Å². The Labute approximate surface area is 208 Å². The molecule has 0 saturated carbocycles. The number of hydrogen-bond donors (Lipinski definition) is 3. The van der Waals surface area contributed by atoms with Gasteiger partial charge in [-0.15, -0.1) is 24.0 Å². The van der Waals surface area contributed by atoms with Crippen molar-refractivity contribution in [2.24, 2.45) is 4.99 Å². The lowest BCUT2D eigenvalue weighted by atomic mass is 9.90. The van der Waals surface area contributed by atoms with E-state index in [9.17, 15) is 4.79 Å². The van der Waals surface area contributed by atoms with Crippen LogP contribution in [0.25, 0.3) is 0 Å². The third kappa shape index (κ3) is 7.39. The fourth-order valence-corrected chi connectivity index (χ4v) is 3.63. The van der Waals surface area contributed by atoms with Gasteiger partial charge in [-0.3, -0.25) is 4.79 Å². The number of nitrogens with zero attached hydrogens (tertiary/aromatic N) is 1. The van der Waals surface area contributed by atoms with Gasteiger partial charge in [0.2, 0.25) is 5.91 Å². The molecule has 2 aromatic rings. The normalized spacial score (nSPS) is 15.8. The first-order valence-electron chi connectivity index (χ1n) is 10.9. The lowest BCUT2D eigenvalue weighted by molar-refractivity contribution is -0.116. The second-order valence-electron chi connectivity index (χ2n) is 8.94. The maximum Gasteiger partial charge on any atom is 0.225 e. The van der Waals surface area contributed by atoms with Crippen molar-refractivity contribution < 1.29 is 9.53 Å². The lowest BCUT2D eigenvalue weighted by Gasteiger charge is -2.26. The summed E-state index contributed by atoms with van der Waals surface area (Å²) in [5.74, 6) is 1.75. The van der Waals surface area contributed by atoms with E-state index in [1.807, 2.05) is 45.9 Å². The second kappa shape index (κ2) is 11.5. The van der Waals surface area contributed by atoms with Crippen molar-refractivity contribution in [3.8, 4) is 5.75 Å². The Morgan fingerprint density at radius 1 is 1.19 bits per heavy atom. The Bertz CT molecular complexity index is 953. The predicted molar refractivity (Wildman–Crippen MR) is 142 cm³/mol. The number of para-hydroxylation sites is 1. The van der Waals surface area contributed by atoms with Crippen LogP contribution < -0.4 is 20.7 Å². The van der Waals surface area contributed by atoms with E-state index in [0.717, 1.165) is 40.6 Å². The van der Waals surface area contributed by atoms with E-state index in [4.69, 9.17) is 9.73 Å². The Hall–Kier alpha value is -2.29.